The average Bonchev–Trinajstić information content (AvgIpc) is 2.45. The average molecular weight is 334 g/mol. The van der Waals surface area contributed by atoms with Crippen LogP contribution < -0.4 is 10.1 Å². The van der Waals surface area contributed by atoms with Crippen LogP contribution in [0.25, 0.3) is 0 Å². The van der Waals surface area contributed by atoms with Gasteiger partial charge >= 0.3 is 0 Å². The summed E-state index contributed by atoms with van der Waals surface area (Å²) in [6, 6.07) is 14.6. The Morgan fingerprint density at radius 2 is 1.90 bits per heavy atom. The van der Waals surface area contributed by atoms with Crippen molar-refractivity contribution >= 4 is 15.9 Å². The van der Waals surface area contributed by atoms with Crippen LogP contribution in [-0.2, 0) is 0 Å². The van der Waals surface area contributed by atoms with Crippen molar-refractivity contribution in [3.8, 4) is 11.5 Å². The van der Waals surface area contributed by atoms with Crippen molar-refractivity contribution in [3.05, 3.63) is 58.1 Å². The summed E-state index contributed by atoms with van der Waals surface area (Å²) in [5.41, 5.74) is 2.31. The molecular formula is C17H20BrNO. The van der Waals surface area contributed by atoms with Gasteiger partial charge in [-0.1, -0.05) is 41.1 Å². The summed E-state index contributed by atoms with van der Waals surface area (Å²) in [4.78, 5) is 0. The van der Waals surface area contributed by atoms with E-state index in [1.54, 1.807) is 0 Å². The van der Waals surface area contributed by atoms with E-state index in [2.05, 4.69) is 53.3 Å². The van der Waals surface area contributed by atoms with E-state index in [-0.39, 0.29) is 0 Å². The number of hydrogen-bond donors (Lipinski definition) is 1. The fourth-order valence-corrected chi connectivity index (χ4v) is 2.76. The lowest BCUT2D eigenvalue weighted by Crippen LogP contribution is -2.15. The third-order valence-electron chi connectivity index (χ3n) is 3.41. The van der Waals surface area contributed by atoms with E-state index in [1.165, 1.54) is 5.56 Å². The molecule has 0 bridgehead atoms. The van der Waals surface area contributed by atoms with Gasteiger partial charge in [0.2, 0.25) is 0 Å². The van der Waals surface area contributed by atoms with Gasteiger partial charge in [0.15, 0.2) is 0 Å². The van der Waals surface area contributed by atoms with E-state index in [9.17, 15) is 0 Å². The van der Waals surface area contributed by atoms with E-state index in [4.69, 9.17) is 4.74 Å². The fraction of sp³-hybridized carbons (Fsp3) is 0.294. The van der Waals surface area contributed by atoms with Crippen LogP contribution in [0.15, 0.2) is 46.9 Å². The molecule has 20 heavy (non-hydrogen) atoms. The summed E-state index contributed by atoms with van der Waals surface area (Å²) >= 11 is 3.48. The second-order valence-electron chi connectivity index (χ2n) is 4.80. The molecule has 1 unspecified atom stereocenters. The molecule has 1 N–H and O–H groups in total. The zero-order valence-corrected chi connectivity index (χ0v) is 13.7. The van der Waals surface area contributed by atoms with Gasteiger partial charge in [-0.25, -0.2) is 0 Å². The highest BCUT2D eigenvalue weighted by molar-refractivity contribution is 9.10. The van der Waals surface area contributed by atoms with Crippen LogP contribution in [0.3, 0.4) is 0 Å². The Labute approximate surface area is 129 Å². The third-order valence-corrected chi connectivity index (χ3v) is 3.90. The van der Waals surface area contributed by atoms with Crippen LogP contribution in [-0.4, -0.2) is 7.05 Å². The van der Waals surface area contributed by atoms with Crippen LogP contribution in [0.2, 0.25) is 0 Å². The minimum atomic E-state index is 0.307. The fourth-order valence-electron chi connectivity index (χ4n) is 2.29. The van der Waals surface area contributed by atoms with Gasteiger partial charge < -0.3 is 10.1 Å². The molecule has 0 saturated carbocycles. The molecule has 0 heterocycles. The highest BCUT2D eigenvalue weighted by Gasteiger charge is 2.13. The molecule has 2 aromatic carbocycles. The van der Waals surface area contributed by atoms with Crippen molar-refractivity contribution in [2.45, 2.75) is 26.3 Å². The van der Waals surface area contributed by atoms with E-state index < -0.39 is 0 Å². The van der Waals surface area contributed by atoms with Gasteiger partial charge in [0, 0.05) is 16.1 Å². The molecular weight excluding hydrogens is 314 g/mol. The number of ether oxygens (including phenoxy) is 1. The van der Waals surface area contributed by atoms with Crippen LogP contribution in [0, 0.1) is 6.92 Å². The Morgan fingerprint density at radius 1 is 1.15 bits per heavy atom. The molecule has 0 radical (unpaired) electrons. The van der Waals surface area contributed by atoms with Crippen molar-refractivity contribution in [1.29, 1.82) is 0 Å². The number of benzene rings is 2. The molecule has 1 atom stereocenters. The molecule has 2 rings (SSSR count). The number of aryl methyl sites for hydroxylation is 1. The number of para-hydroxylation sites is 1. The van der Waals surface area contributed by atoms with Gasteiger partial charge in [-0.3, -0.25) is 0 Å². The molecule has 0 amide bonds. The molecule has 2 aromatic rings. The van der Waals surface area contributed by atoms with Crippen molar-refractivity contribution in [2.24, 2.45) is 0 Å². The molecule has 0 spiro atoms. The first-order valence-electron chi connectivity index (χ1n) is 6.86. The summed E-state index contributed by atoms with van der Waals surface area (Å²) < 4.78 is 7.19. The molecule has 0 aliphatic rings. The zero-order valence-electron chi connectivity index (χ0n) is 12.1. The molecule has 0 aliphatic carbocycles. The topological polar surface area (TPSA) is 21.3 Å². The van der Waals surface area contributed by atoms with Crippen molar-refractivity contribution in [3.63, 3.8) is 0 Å². The van der Waals surface area contributed by atoms with E-state index in [0.717, 1.165) is 28.0 Å². The molecule has 0 fully saturated rings. The second kappa shape index (κ2) is 6.91. The molecule has 2 nitrogen and oxygen atoms in total. The Kier molecular flexibility index (Phi) is 5.21. The summed E-state index contributed by atoms with van der Waals surface area (Å²) in [7, 11) is 1.98. The first kappa shape index (κ1) is 15.1. The lowest BCUT2D eigenvalue weighted by atomic mass is 10.0. The standard InChI is InChI=1S/C17H20BrNO/c1-4-15(19-3)14-7-5-6-8-17(14)20-16-10-9-13(18)11-12(16)2/h5-11,15,19H,4H2,1-3H3. The third kappa shape index (κ3) is 3.41. The van der Waals surface area contributed by atoms with Crippen LogP contribution in [0.5, 0.6) is 11.5 Å². The maximum absolute atomic E-state index is 6.12. The smallest absolute Gasteiger partial charge is 0.132 e. The van der Waals surface area contributed by atoms with E-state index in [1.807, 2.05) is 31.3 Å². The Balaban J connectivity index is 2.33. The maximum atomic E-state index is 6.12. The molecule has 0 saturated heterocycles. The largest absolute Gasteiger partial charge is 0.457 e. The van der Waals surface area contributed by atoms with Gasteiger partial charge in [0.05, 0.1) is 0 Å². The quantitative estimate of drug-likeness (QED) is 0.809. The molecule has 3 heteroatoms. The normalized spacial score (nSPS) is 12.2. The minimum Gasteiger partial charge on any atom is -0.457 e. The lowest BCUT2D eigenvalue weighted by Gasteiger charge is -2.19. The summed E-state index contributed by atoms with van der Waals surface area (Å²) in [6.07, 6.45) is 1.02. The first-order chi connectivity index (χ1) is 9.65. The van der Waals surface area contributed by atoms with Crippen molar-refractivity contribution in [2.75, 3.05) is 7.05 Å². The monoisotopic (exact) mass is 333 g/mol. The molecule has 0 aromatic heterocycles. The van der Waals surface area contributed by atoms with Gasteiger partial charge in [0.25, 0.3) is 0 Å². The van der Waals surface area contributed by atoms with Crippen LogP contribution in [0.1, 0.15) is 30.5 Å². The van der Waals surface area contributed by atoms with Crippen molar-refractivity contribution < 1.29 is 4.74 Å². The van der Waals surface area contributed by atoms with Gasteiger partial charge in [-0.05, 0) is 50.2 Å². The van der Waals surface area contributed by atoms with E-state index >= 15 is 0 Å². The zero-order chi connectivity index (χ0) is 14.5. The SMILES string of the molecule is CCC(NC)c1ccccc1Oc1ccc(Br)cc1C. The molecule has 106 valence electrons. The van der Waals surface area contributed by atoms with Gasteiger partial charge in [-0.2, -0.15) is 0 Å². The highest BCUT2D eigenvalue weighted by atomic mass is 79.9. The number of nitrogens with one attached hydrogen (secondary N) is 1. The Bertz CT molecular complexity index is 579. The predicted molar refractivity (Wildman–Crippen MR) is 87.5 cm³/mol. The van der Waals surface area contributed by atoms with Crippen LogP contribution >= 0.6 is 15.9 Å². The second-order valence-corrected chi connectivity index (χ2v) is 5.71. The van der Waals surface area contributed by atoms with Crippen LogP contribution in [0.4, 0.5) is 0 Å². The van der Waals surface area contributed by atoms with E-state index in [0.29, 0.717) is 6.04 Å². The Hall–Kier alpha value is -1.32. The highest BCUT2D eigenvalue weighted by Crippen LogP contribution is 2.33. The number of halogens is 1. The number of hydrogen-bond acceptors (Lipinski definition) is 2. The minimum absolute atomic E-state index is 0.307. The van der Waals surface area contributed by atoms with Gasteiger partial charge in [-0.15, -0.1) is 0 Å². The lowest BCUT2D eigenvalue weighted by molar-refractivity contribution is 0.456. The summed E-state index contributed by atoms with van der Waals surface area (Å²) in [5.74, 6) is 1.81. The predicted octanol–water partition coefficient (Wildman–Crippen LogP) is 5.22. The summed E-state index contributed by atoms with van der Waals surface area (Å²) in [6.45, 7) is 4.22. The van der Waals surface area contributed by atoms with Gasteiger partial charge in [0.1, 0.15) is 11.5 Å². The molecule has 0 aliphatic heterocycles. The summed E-state index contributed by atoms with van der Waals surface area (Å²) in [5, 5.41) is 3.33. The Morgan fingerprint density at radius 3 is 2.55 bits per heavy atom. The first-order valence-corrected chi connectivity index (χ1v) is 7.65. The maximum Gasteiger partial charge on any atom is 0.132 e. The number of rotatable bonds is 5. The van der Waals surface area contributed by atoms with Crippen molar-refractivity contribution in [1.82, 2.24) is 5.32 Å².